The third kappa shape index (κ3) is 3.48. The second-order valence-corrected chi connectivity index (χ2v) is 6.84. The van der Waals surface area contributed by atoms with Gasteiger partial charge in [0, 0.05) is 6.42 Å². The zero-order chi connectivity index (χ0) is 22.1. The third-order valence-corrected chi connectivity index (χ3v) is 5.06. The summed E-state index contributed by atoms with van der Waals surface area (Å²) < 4.78 is 11.3. The van der Waals surface area contributed by atoms with Crippen LogP contribution >= 0.6 is 0 Å². The molecule has 2 heterocycles. The summed E-state index contributed by atoms with van der Waals surface area (Å²) >= 11 is 0. The van der Waals surface area contributed by atoms with Crippen molar-refractivity contribution in [1.29, 1.82) is 0 Å². The number of phenolic OH excluding ortho intramolecular Hbond substituents is 1. The lowest BCUT2D eigenvalue weighted by Crippen LogP contribution is -2.33. The van der Waals surface area contributed by atoms with Crippen molar-refractivity contribution in [2.45, 2.75) is 12.5 Å². The van der Waals surface area contributed by atoms with Gasteiger partial charge in [0.25, 0.3) is 5.56 Å². The predicted octanol–water partition coefficient (Wildman–Crippen LogP) is 1.39. The molecule has 0 bridgehead atoms. The first kappa shape index (κ1) is 20.1. The van der Waals surface area contributed by atoms with Crippen LogP contribution in [0, 0.1) is 0 Å². The molecule has 1 aliphatic rings. The summed E-state index contributed by atoms with van der Waals surface area (Å²) in [6.07, 6.45) is 0.243. The summed E-state index contributed by atoms with van der Waals surface area (Å²) in [5.74, 6) is 0.106. The van der Waals surface area contributed by atoms with E-state index in [1.807, 2.05) is 0 Å². The van der Waals surface area contributed by atoms with E-state index in [1.165, 1.54) is 20.3 Å². The average molecular weight is 424 g/mol. The Morgan fingerprint density at radius 1 is 1.06 bits per heavy atom. The zero-order valence-corrected chi connectivity index (χ0v) is 16.7. The number of benzene rings is 2. The molecule has 0 saturated carbocycles. The van der Waals surface area contributed by atoms with E-state index in [4.69, 9.17) is 9.47 Å². The Balaban J connectivity index is 1.74. The highest BCUT2D eigenvalue weighted by Gasteiger charge is 2.28. The first-order chi connectivity index (χ1) is 14.9. The van der Waals surface area contributed by atoms with Crippen LogP contribution in [0.1, 0.15) is 23.6 Å². The summed E-state index contributed by atoms with van der Waals surface area (Å²) in [5, 5.41) is 25.1. The molecule has 0 aliphatic carbocycles. The molecule has 1 atom stereocenters. The molecule has 0 saturated heterocycles. The van der Waals surface area contributed by atoms with Crippen LogP contribution in [0.4, 0.5) is 0 Å². The fourth-order valence-corrected chi connectivity index (χ4v) is 3.54. The lowest BCUT2D eigenvalue weighted by Gasteiger charge is -2.14. The number of aromatic amines is 1. The number of nitrogens with one attached hydrogen (secondary N) is 2. The number of rotatable bonds is 5. The van der Waals surface area contributed by atoms with Crippen LogP contribution in [0.25, 0.3) is 5.69 Å². The summed E-state index contributed by atoms with van der Waals surface area (Å²) in [6.45, 7) is 0. The molecule has 2 aromatic carbocycles. The molecule has 31 heavy (non-hydrogen) atoms. The van der Waals surface area contributed by atoms with Gasteiger partial charge in [0.2, 0.25) is 5.88 Å². The molecule has 10 heteroatoms. The second-order valence-electron chi connectivity index (χ2n) is 6.84. The SMILES string of the molecule is COc1ccc(C2CC(c3c(O)n(-c4ccccc4OC)c(=O)[nH]c3=O)=NN2)cc1O. The van der Waals surface area contributed by atoms with Gasteiger partial charge in [-0.1, -0.05) is 18.2 Å². The van der Waals surface area contributed by atoms with E-state index in [-0.39, 0.29) is 35.2 Å². The van der Waals surface area contributed by atoms with E-state index < -0.39 is 17.1 Å². The van der Waals surface area contributed by atoms with Crippen LogP contribution in [-0.2, 0) is 0 Å². The van der Waals surface area contributed by atoms with Gasteiger partial charge in [0.05, 0.1) is 31.7 Å². The maximum Gasteiger partial charge on any atom is 0.335 e. The first-order valence-corrected chi connectivity index (χ1v) is 9.35. The number of para-hydroxylation sites is 2. The van der Waals surface area contributed by atoms with Gasteiger partial charge in [0.15, 0.2) is 11.5 Å². The van der Waals surface area contributed by atoms with Gasteiger partial charge in [-0.3, -0.25) is 9.78 Å². The molecule has 0 spiro atoms. The van der Waals surface area contributed by atoms with Crippen molar-refractivity contribution in [1.82, 2.24) is 15.0 Å². The Morgan fingerprint density at radius 3 is 2.52 bits per heavy atom. The number of hydrazone groups is 1. The molecule has 1 unspecified atom stereocenters. The Kier molecular flexibility index (Phi) is 5.12. The molecular weight excluding hydrogens is 404 g/mol. The molecule has 1 aliphatic heterocycles. The van der Waals surface area contributed by atoms with E-state index >= 15 is 0 Å². The number of hydrogen-bond acceptors (Lipinski definition) is 8. The standard InChI is InChI=1S/C21H20N4O6/c1-30-16-6-4-3-5-14(16)25-20(28)18(19(27)22-21(25)29)13-10-12(23-24-13)11-7-8-17(31-2)15(26)9-11/h3-9,12,23,26,28H,10H2,1-2H3,(H,22,27,29). The van der Waals surface area contributed by atoms with Crippen LogP contribution < -0.4 is 26.1 Å². The zero-order valence-electron chi connectivity index (χ0n) is 16.7. The van der Waals surface area contributed by atoms with E-state index in [9.17, 15) is 19.8 Å². The number of aromatic hydroxyl groups is 2. The lowest BCUT2D eigenvalue weighted by atomic mass is 9.99. The van der Waals surface area contributed by atoms with E-state index in [0.29, 0.717) is 17.1 Å². The highest BCUT2D eigenvalue weighted by Crippen LogP contribution is 2.33. The molecule has 0 radical (unpaired) electrons. The third-order valence-electron chi connectivity index (χ3n) is 5.06. The monoisotopic (exact) mass is 424 g/mol. The van der Waals surface area contributed by atoms with Crippen molar-refractivity contribution in [2.24, 2.45) is 5.10 Å². The Bertz CT molecular complexity index is 1290. The van der Waals surface area contributed by atoms with E-state index in [1.54, 1.807) is 36.4 Å². The Hall–Kier alpha value is -4.21. The first-order valence-electron chi connectivity index (χ1n) is 9.35. The predicted molar refractivity (Wildman–Crippen MR) is 113 cm³/mol. The summed E-state index contributed by atoms with van der Waals surface area (Å²) in [5.41, 5.74) is 2.46. The number of aromatic nitrogens is 2. The normalized spacial score (nSPS) is 15.3. The number of H-pyrrole nitrogens is 1. The molecule has 0 fully saturated rings. The van der Waals surface area contributed by atoms with Crippen LogP contribution in [-0.4, -0.2) is 39.7 Å². The van der Waals surface area contributed by atoms with Crippen LogP contribution in [0.3, 0.4) is 0 Å². The summed E-state index contributed by atoms with van der Waals surface area (Å²) in [7, 11) is 2.89. The maximum atomic E-state index is 12.5. The molecule has 4 N–H and O–H groups in total. The second kappa shape index (κ2) is 7.90. The smallest absolute Gasteiger partial charge is 0.335 e. The maximum absolute atomic E-state index is 12.5. The van der Waals surface area contributed by atoms with Gasteiger partial charge in [0.1, 0.15) is 11.3 Å². The van der Waals surface area contributed by atoms with Crippen molar-refractivity contribution >= 4 is 5.71 Å². The molecule has 3 aromatic rings. The van der Waals surface area contributed by atoms with Crippen molar-refractivity contribution in [3.8, 4) is 28.8 Å². The summed E-state index contributed by atoms with van der Waals surface area (Å²) in [6, 6.07) is 11.2. The largest absolute Gasteiger partial charge is 0.504 e. The van der Waals surface area contributed by atoms with Crippen LogP contribution in [0.5, 0.6) is 23.1 Å². The quantitative estimate of drug-likeness (QED) is 0.486. The van der Waals surface area contributed by atoms with Crippen molar-refractivity contribution in [3.63, 3.8) is 0 Å². The van der Waals surface area contributed by atoms with Gasteiger partial charge < -0.3 is 25.1 Å². The van der Waals surface area contributed by atoms with Gasteiger partial charge in [-0.25, -0.2) is 9.36 Å². The minimum absolute atomic E-state index is 0.0272. The molecule has 1 aromatic heterocycles. The number of ether oxygens (including phenoxy) is 2. The van der Waals surface area contributed by atoms with Crippen LogP contribution in [0.15, 0.2) is 57.2 Å². The number of methoxy groups -OCH3 is 2. The molecular formula is C21H20N4O6. The van der Waals surface area contributed by atoms with Gasteiger partial charge in [-0.2, -0.15) is 5.10 Å². The number of hydrogen-bond donors (Lipinski definition) is 4. The minimum atomic E-state index is -0.807. The summed E-state index contributed by atoms with van der Waals surface area (Å²) in [4.78, 5) is 27.2. The van der Waals surface area contributed by atoms with E-state index in [0.717, 1.165) is 4.57 Å². The van der Waals surface area contributed by atoms with Gasteiger partial charge in [-0.05, 0) is 29.8 Å². The Morgan fingerprint density at radius 2 is 1.81 bits per heavy atom. The molecule has 10 nitrogen and oxygen atoms in total. The topological polar surface area (TPSA) is 138 Å². The molecule has 4 rings (SSSR count). The Labute approximate surface area is 176 Å². The number of nitrogens with zero attached hydrogens (tertiary/aromatic N) is 2. The fourth-order valence-electron chi connectivity index (χ4n) is 3.54. The van der Waals surface area contributed by atoms with Crippen molar-refractivity contribution in [3.05, 3.63) is 74.4 Å². The van der Waals surface area contributed by atoms with Crippen molar-refractivity contribution < 1.29 is 19.7 Å². The fraction of sp³-hybridized carbons (Fsp3) is 0.190. The van der Waals surface area contributed by atoms with Gasteiger partial charge in [-0.15, -0.1) is 0 Å². The lowest BCUT2D eigenvalue weighted by molar-refractivity contribution is 0.372. The highest BCUT2D eigenvalue weighted by atomic mass is 16.5. The molecule has 160 valence electrons. The molecule has 0 amide bonds. The minimum Gasteiger partial charge on any atom is -0.504 e. The average Bonchev–Trinajstić information content (AvgIpc) is 3.23. The van der Waals surface area contributed by atoms with E-state index in [2.05, 4.69) is 15.5 Å². The highest BCUT2D eigenvalue weighted by molar-refractivity contribution is 6.03. The number of phenols is 1. The van der Waals surface area contributed by atoms with Gasteiger partial charge >= 0.3 is 5.69 Å². The van der Waals surface area contributed by atoms with Crippen LogP contribution in [0.2, 0.25) is 0 Å². The van der Waals surface area contributed by atoms with Crippen molar-refractivity contribution in [2.75, 3.05) is 14.2 Å².